The van der Waals surface area contributed by atoms with Crippen molar-refractivity contribution in [3.8, 4) is 0 Å². The van der Waals surface area contributed by atoms with Gasteiger partial charge in [0.05, 0.1) is 12.1 Å². The molecule has 17 heavy (non-hydrogen) atoms. The first-order valence-electron chi connectivity index (χ1n) is 5.48. The topological polar surface area (TPSA) is 89.4 Å². The highest BCUT2D eigenvalue weighted by molar-refractivity contribution is 5.87. The number of carbonyl (C=O) groups is 2. The third-order valence-electron chi connectivity index (χ3n) is 3.11. The van der Waals surface area contributed by atoms with Crippen LogP contribution in [-0.4, -0.2) is 28.8 Å². The number of benzene rings is 1. The van der Waals surface area contributed by atoms with E-state index in [9.17, 15) is 9.59 Å². The van der Waals surface area contributed by atoms with Crippen LogP contribution in [0.2, 0.25) is 0 Å². The second kappa shape index (κ2) is 4.55. The lowest BCUT2D eigenvalue weighted by Gasteiger charge is -2.45. The largest absolute Gasteiger partial charge is 0.368 e. The quantitative estimate of drug-likeness (QED) is 0.741. The van der Waals surface area contributed by atoms with Crippen LogP contribution in [0.5, 0.6) is 0 Å². The van der Waals surface area contributed by atoms with Crippen molar-refractivity contribution in [3.05, 3.63) is 35.9 Å². The molecule has 0 radical (unpaired) electrons. The van der Waals surface area contributed by atoms with Crippen molar-refractivity contribution in [2.75, 3.05) is 0 Å². The molecule has 5 heteroatoms. The van der Waals surface area contributed by atoms with E-state index in [4.69, 9.17) is 11.5 Å². The maximum Gasteiger partial charge on any atom is 0.234 e. The lowest BCUT2D eigenvalue weighted by Crippen LogP contribution is -2.64. The Labute approximate surface area is 99.4 Å². The van der Waals surface area contributed by atoms with E-state index in [1.165, 1.54) is 0 Å². The number of hydrogen-bond acceptors (Lipinski definition) is 3. The third-order valence-corrected chi connectivity index (χ3v) is 3.11. The van der Waals surface area contributed by atoms with Crippen molar-refractivity contribution in [1.29, 1.82) is 0 Å². The molecule has 1 aliphatic heterocycles. The molecule has 2 rings (SSSR count). The number of likely N-dealkylation sites (tertiary alicyclic amines) is 1. The monoisotopic (exact) mass is 233 g/mol. The maximum absolute atomic E-state index is 11.2. The van der Waals surface area contributed by atoms with E-state index < -0.39 is 11.8 Å². The number of hydrogen-bond donors (Lipinski definition) is 2. The Kier molecular flexibility index (Phi) is 3.10. The molecule has 0 bridgehead atoms. The fourth-order valence-corrected chi connectivity index (χ4v) is 2.14. The van der Waals surface area contributed by atoms with Gasteiger partial charge in [-0.2, -0.15) is 0 Å². The van der Waals surface area contributed by atoms with Crippen molar-refractivity contribution in [3.63, 3.8) is 0 Å². The predicted molar refractivity (Wildman–Crippen MR) is 62.6 cm³/mol. The third kappa shape index (κ3) is 2.29. The number of primary amides is 2. The molecule has 0 saturated carbocycles. The number of nitrogens with two attached hydrogens (primary N) is 2. The van der Waals surface area contributed by atoms with E-state index in [0.29, 0.717) is 13.0 Å². The van der Waals surface area contributed by atoms with Gasteiger partial charge >= 0.3 is 0 Å². The van der Waals surface area contributed by atoms with Crippen LogP contribution in [0.15, 0.2) is 30.3 Å². The summed E-state index contributed by atoms with van der Waals surface area (Å²) in [6, 6.07) is 8.85. The van der Waals surface area contributed by atoms with Gasteiger partial charge in [0.25, 0.3) is 0 Å². The molecule has 1 aliphatic rings. The van der Waals surface area contributed by atoms with Crippen LogP contribution in [0.3, 0.4) is 0 Å². The summed E-state index contributed by atoms with van der Waals surface area (Å²) in [6.45, 7) is 0.516. The predicted octanol–water partition coefficient (Wildman–Crippen LogP) is -0.400. The Morgan fingerprint density at radius 3 is 2.12 bits per heavy atom. The SMILES string of the molecule is NC(=O)C1CC(C(N)=O)N1Cc1ccccc1. The van der Waals surface area contributed by atoms with Crippen molar-refractivity contribution >= 4 is 11.8 Å². The van der Waals surface area contributed by atoms with E-state index in [-0.39, 0.29) is 12.1 Å². The normalized spacial score (nSPS) is 24.0. The molecule has 1 fully saturated rings. The van der Waals surface area contributed by atoms with Gasteiger partial charge in [0.2, 0.25) is 11.8 Å². The molecule has 0 aliphatic carbocycles. The van der Waals surface area contributed by atoms with Crippen LogP contribution < -0.4 is 11.5 Å². The number of nitrogens with zero attached hydrogens (tertiary/aromatic N) is 1. The summed E-state index contributed by atoms with van der Waals surface area (Å²) < 4.78 is 0. The number of carbonyl (C=O) groups excluding carboxylic acids is 2. The first-order valence-corrected chi connectivity index (χ1v) is 5.48. The molecule has 2 unspecified atom stereocenters. The van der Waals surface area contributed by atoms with Gasteiger partial charge in [0.1, 0.15) is 0 Å². The highest BCUT2D eigenvalue weighted by atomic mass is 16.2. The maximum atomic E-state index is 11.2. The molecule has 1 heterocycles. The molecule has 4 N–H and O–H groups in total. The molecule has 2 atom stereocenters. The Balaban J connectivity index is 2.10. The summed E-state index contributed by atoms with van der Waals surface area (Å²) in [7, 11) is 0. The Morgan fingerprint density at radius 1 is 1.12 bits per heavy atom. The van der Waals surface area contributed by atoms with Crippen LogP contribution in [0.1, 0.15) is 12.0 Å². The van der Waals surface area contributed by atoms with E-state index in [1.807, 2.05) is 30.3 Å². The summed E-state index contributed by atoms with van der Waals surface area (Å²) in [6.07, 6.45) is 0.428. The number of amides is 2. The molecular weight excluding hydrogens is 218 g/mol. The lowest BCUT2D eigenvalue weighted by molar-refractivity contribution is -0.141. The molecular formula is C12H15N3O2. The van der Waals surface area contributed by atoms with Crippen LogP contribution in [0.4, 0.5) is 0 Å². The highest BCUT2D eigenvalue weighted by Gasteiger charge is 2.44. The second-order valence-corrected chi connectivity index (χ2v) is 4.23. The van der Waals surface area contributed by atoms with Crippen molar-refractivity contribution < 1.29 is 9.59 Å². The first-order chi connectivity index (χ1) is 8.09. The molecule has 2 amide bonds. The minimum atomic E-state index is -0.404. The van der Waals surface area contributed by atoms with Crippen molar-refractivity contribution in [2.45, 2.75) is 25.0 Å². The standard InChI is InChI=1S/C12H15N3O2/c13-11(16)9-6-10(12(14)17)15(9)7-8-4-2-1-3-5-8/h1-5,9-10H,6-7H2,(H2,13,16)(H2,14,17). The first kappa shape index (κ1) is 11.6. The Bertz CT molecular complexity index is 413. The smallest absolute Gasteiger partial charge is 0.234 e. The van der Waals surface area contributed by atoms with Crippen LogP contribution in [0, 0.1) is 0 Å². The average molecular weight is 233 g/mol. The van der Waals surface area contributed by atoms with Gasteiger partial charge in [-0.3, -0.25) is 14.5 Å². The van der Waals surface area contributed by atoms with Gasteiger partial charge in [-0.1, -0.05) is 30.3 Å². The van der Waals surface area contributed by atoms with Gasteiger partial charge < -0.3 is 11.5 Å². The molecule has 5 nitrogen and oxygen atoms in total. The molecule has 1 saturated heterocycles. The molecule has 0 aromatic heterocycles. The van der Waals surface area contributed by atoms with E-state index in [2.05, 4.69) is 0 Å². The molecule has 1 aromatic rings. The minimum Gasteiger partial charge on any atom is -0.368 e. The van der Waals surface area contributed by atoms with Crippen LogP contribution >= 0.6 is 0 Å². The van der Waals surface area contributed by atoms with Crippen LogP contribution in [0.25, 0.3) is 0 Å². The average Bonchev–Trinajstić information content (AvgIpc) is 2.25. The molecule has 90 valence electrons. The van der Waals surface area contributed by atoms with Crippen molar-refractivity contribution in [2.24, 2.45) is 11.5 Å². The summed E-state index contributed by atoms with van der Waals surface area (Å²) in [5, 5.41) is 0. The fraction of sp³-hybridized carbons (Fsp3) is 0.333. The zero-order valence-corrected chi connectivity index (χ0v) is 9.37. The Hall–Kier alpha value is -1.88. The van der Waals surface area contributed by atoms with Gasteiger partial charge in [-0.15, -0.1) is 0 Å². The Morgan fingerprint density at radius 2 is 1.65 bits per heavy atom. The number of rotatable bonds is 4. The van der Waals surface area contributed by atoms with Gasteiger partial charge in [-0.05, 0) is 12.0 Å². The van der Waals surface area contributed by atoms with E-state index >= 15 is 0 Å². The van der Waals surface area contributed by atoms with Gasteiger partial charge in [-0.25, -0.2) is 0 Å². The van der Waals surface area contributed by atoms with Gasteiger partial charge in [0, 0.05) is 6.54 Å². The van der Waals surface area contributed by atoms with Gasteiger partial charge in [0.15, 0.2) is 0 Å². The molecule has 0 spiro atoms. The summed E-state index contributed by atoms with van der Waals surface area (Å²) in [4.78, 5) is 24.1. The van der Waals surface area contributed by atoms with Crippen molar-refractivity contribution in [1.82, 2.24) is 4.90 Å². The fourth-order valence-electron chi connectivity index (χ4n) is 2.14. The van der Waals surface area contributed by atoms with Crippen LogP contribution in [-0.2, 0) is 16.1 Å². The summed E-state index contributed by atoms with van der Waals surface area (Å²) in [5.41, 5.74) is 11.6. The minimum absolute atomic E-state index is 0.382. The summed E-state index contributed by atoms with van der Waals surface area (Å²) >= 11 is 0. The second-order valence-electron chi connectivity index (χ2n) is 4.23. The zero-order valence-electron chi connectivity index (χ0n) is 9.37. The zero-order chi connectivity index (χ0) is 12.4. The molecule has 1 aromatic carbocycles. The highest BCUT2D eigenvalue weighted by Crippen LogP contribution is 2.27. The van der Waals surface area contributed by atoms with E-state index in [1.54, 1.807) is 4.90 Å². The summed E-state index contributed by atoms with van der Waals surface area (Å²) in [5.74, 6) is -0.808. The lowest BCUT2D eigenvalue weighted by atomic mass is 9.91. The van der Waals surface area contributed by atoms with E-state index in [0.717, 1.165) is 5.56 Å².